The summed E-state index contributed by atoms with van der Waals surface area (Å²) < 4.78 is 13.4. The second-order valence-corrected chi connectivity index (χ2v) is 9.60. The van der Waals surface area contributed by atoms with E-state index in [0.717, 1.165) is 11.1 Å². The molecule has 0 unspecified atom stereocenters. The van der Waals surface area contributed by atoms with Crippen LogP contribution in [-0.2, 0) is 9.53 Å². The third-order valence-corrected chi connectivity index (χ3v) is 6.91. The first kappa shape index (κ1) is 24.7. The van der Waals surface area contributed by atoms with E-state index in [-0.39, 0.29) is 12.2 Å². The Labute approximate surface area is 208 Å². The monoisotopic (exact) mass is 490 g/mol. The van der Waals surface area contributed by atoms with Crippen molar-refractivity contribution in [2.24, 2.45) is 4.99 Å². The lowest BCUT2D eigenvalue weighted by Gasteiger charge is -2.26. The largest absolute Gasteiger partial charge is 0.494 e. The fraction of sp³-hybridized carbons (Fsp3) is 0.321. The molecule has 4 rings (SSSR count). The van der Waals surface area contributed by atoms with Gasteiger partial charge in [0.2, 0.25) is 0 Å². The van der Waals surface area contributed by atoms with E-state index in [1.165, 1.54) is 16.9 Å². The zero-order chi connectivity index (χ0) is 25.1. The van der Waals surface area contributed by atoms with Crippen LogP contribution in [0.1, 0.15) is 63.3 Å². The number of nitrogens with zero attached hydrogens (tertiary/aromatic N) is 2. The normalized spacial score (nSPS) is 15.7. The van der Waals surface area contributed by atoms with E-state index in [0.29, 0.717) is 38.9 Å². The van der Waals surface area contributed by atoms with Crippen LogP contribution in [-0.4, -0.2) is 23.8 Å². The van der Waals surface area contributed by atoms with Crippen LogP contribution < -0.4 is 19.6 Å². The Balaban J connectivity index is 1.93. The molecule has 3 aromatic rings. The minimum Gasteiger partial charge on any atom is -0.494 e. The molecule has 1 aromatic heterocycles. The number of fused-ring (bicyclic) bond motifs is 1. The molecule has 1 atom stereocenters. The van der Waals surface area contributed by atoms with E-state index in [9.17, 15) is 9.59 Å². The van der Waals surface area contributed by atoms with Crippen LogP contribution >= 0.6 is 11.3 Å². The number of aromatic nitrogens is 1. The van der Waals surface area contributed by atoms with Crippen molar-refractivity contribution in [3.63, 3.8) is 0 Å². The molecule has 0 fully saturated rings. The van der Waals surface area contributed by atoms with Gasteiger partial charge in [-0.3, -0.25) is 9.36 Å². The summed E-state index contributed by atoms with van der Waals surface area (Å²) in [5.41, 5.74) is 3.58. The molecule has 2 heterocycles. The van der Waals surface area contributed by atoms with Crippen molar-refractivity contribution in [2.45, 2.75) is 46.6 Å². The van der Waals surface area contributed by atoms with Gasteiger partial charge in [0, 0.05) is 5.56 Å². The third kappa shape index (κ3) is 4.86. The van der Waals surface area contributed by atoms with E-state index in [2.05, 4.69) is 31.0 Å². The Bertz CT molecular complexity index is 1450. The van der Waals surface area contributed by atoms with Crippen molar-refractivity contribution in [1.29, 1.82) is 0 Å². The summed E-state index contributed by atoms with van der Waals surface area (Å²) in [6.45, 7) is 10.4. The molecule has 0 aliphatic carbocycles. The maximum absolute atomic E-state index is 13.7. The molecule has 0 N–H and O–H groups in total. The Morgan fingerprint density at radius 2 is 1.83 bits per heavy atom. The van der Waals surface area contributed by atoms with E-state index in [4.69, 9.17) is 9.47 Å². The van der Waals surface area contributed by atoms with E-state index >= 15 is 0 Å². The first-order valence-electron chi connectivity index (χ1n) is 11.9. The first-order valence-corrected chi connectivity index (χ1v) is 12.7. The van der Waals surface area contributed by atoms with Gasteiger partial charge in [0.1, 0.15) is 11.8 Å². The Hall–Kier alpha value is -3.45. The van der Waals surface area contributed by atoms with Crippen LogP contribution in [0.15, 0.2) is 69.6 Å². The van der Waals surface area contributed by atoms with Crippen molar-refractivity contribution < 1.29 is 14.3 Å². The van der Waals surface area contributed by atoms with Gasteiger partial charge < -0.3 is 9.47 Å². The summed E-state index contributed by atoms with van der Waals surface area (Å²) in [5, 5.41) is 0. The highest BCUT2D eigenvalue weighted by molar-refractivity contribution is 7.07. The molecule has 35 heavy (non-hydrogen) atoms. The molecule has 1 aliphatic heterocycles. The average Bonchev–Trinajstić information content (AvgIpc) is 3.13. The van der Waals surface area contributed by atoms with Crippen molar-refractivity contribution in [3.8, 4) is 5.75 Å². The van der Waals surface area contributed by atoms with Gasteiger partial charge in [-0.15, -0.1) is 0 Å². The average molecular weight is 491 g/mol. The lowest BCUT2D eigenvalue weighted by Crippen LogP contribution is -2.40. The molecule has 182 valence electrons. The molecule has 0 amide bonds. The SMILES string of the molecule is CCOC(=O)C1=C(C)N=c2s/c(=C\c3ccc(C(C)C)cc3)c(=O)n2[C@H]1c1ccccc1OCC. The summed E-state index contributed by atoms with van der Waals surface area (Å²) in [6.07, 6.45) is 1.88. The van der Waals surface area contributed by atoms with Crippen molar-refractivity contribution >= 4 is 23.4 Å². The van der Waals surface area contributed by atoms with Crippen LogP contribution in [0.2, 0.25) is 0 Å². The highest BCUT2D eigenvalue weighted by Gasteiger charge is 2.35. The lowest BCUT2D eigenvalue weighted by molar-refractivity contribution is -0.139. The molecule has 1 aliphatic rings. The standard InChI is InChI=1S/C28H30N2O4S/c1-6-33-22-11-9-8-10-21(22)25-24(27(32)34-7-2)18(5)29-28-30(25)26(31)23(35-28)16-19-12-14-20(15-13-19)17(3)4/h8-17,25H,6-7H2,1-5H3/b23-16-/t25-/m0/s1. The number of para-hydroxylation sites is 1. The molecule has 0 bridgehead atoms. The van der Waals surface area contributed by atoms with Crippen LogP contribution in [0.4, 0.5) is 0 Å². The third-order valence-electron chi connectivity index (χ3n) is 5.93. The summed E-state index contributed by atoms with van der Waals surface area (Å²) in [4.78, 5) is 32.0. The zero-order valence-electron chi connectivity index (χ0n) is 20.7. The van der Waals surface area contributed by atoms with E-state index in [1.807, 2.05) is 49.4 Å². The fourth-order valence-electron chi connectivity index (χ4n) is 4.21. The minimum atomic E-state index is -0.696. The Kier molecular flexibility index (Phi) is 7.36. The van der Waals surface area contributed by atoms with Crippen LogP contribution in [0.5, 0.6) is 5.75 Å². The molecule has 0 spiro atoms. The number of carbonyl (C=O) groups is 1. The number of thiazole rings is 1. The molecule has 6 nitrogen and oxygen atoms in total. The van der Waals surface area contributed by atoms with Gasteiger partial charge in [-0.1, -0.05) is 67.6 Å². The molecular weight excluding hydrogens is 460 g/mol. The first-order chi connectivity index (χ1) is 16.8. The number of esters is 1. The summed E-state index contributed by atoms with van der Waals surface area (Å²) in [6, 6.07) is 15.0. The van der Waals surface area contributed by atoms with Gasteiger partial charge in [-0.25, -0.2) is 9.79 Å². The second kappa shape index (κ2) is 10.4. The van der Waals surface area contributed by atoms with Crippen LogP contribution in [0, 0.1) is 0 Å². The number of rotatable bonds is 7. The van der Waals surface area contributed by atoms with Crippen molar-refractivity contribution in [2.75, 3.05) is 13.2 Å². The van der Waals surface area contributed by atoms with E-state index in [1.54, 1.807) is 18.4 Å². The number of benzene rings is 2. The van der Waals surface area contributed by atoms with Gasteiger partial charge in [0.05, 0.1) is 29.0 Å². The quantitative estimate of drug-likeness (QED) is 0.463. The summed E-state index contributed by atoms with van der Waals surface area (Å²) in [7, 11) is 0. The van der Waals surface area contributed by atoms with Crippen molar-refractivity contribution in [3.05, 3.63) is 96.2 Å². The minimum absolute atomic E-state index is 0.202. The molecule has 2 aromatic carbocycles. The highest BCUT2D eigenvalue weighted by atomic mass is 32.1. The van der Waals surface area contributed by atoms with Gasteiger partial charge in [0.25, 0.3) is 5.56 Å². The maximum atomic E-state index is 13.7. The molecule has 0 radical (unpaired) electrons. The van der Waals surface area contributed by atoms with Crippen LogP contribution in [0.25, 0.3) is 6.08 Å². The second-order valence-electron chi connectivity index (χ2n) is 8.59. The Morgan fingerprint density at radius 1 is 1.11 bits per heavy atom. The highest BCUT2D eigenvalue weighted by Crippen LogP contribution is 2.35. The molecule has 0 saturated heterocycles. The van der Waals surface area contributed by atoms with Gasteiger partial charge in [-0.05, 0) is 50.0 Å². The topological polar surface area (TPSA) is 69.9 Å². The molecular formula is C28H30N2O4S. The lowest BCUT2D eigenvalue weighted by atomic mass is 9.95. The van der Waals surface area contributed by atoms with Gasteiger partial charge in [0.15, 0.2) is 4.80 Å². The van der Waals surface area contributed by atoms with Crippen molar-refractivity contribution in [1.82, 2.24) is 4.57 Å². The smallest absolute Gasteiger partial charge is 0.338 e. The Morgan fingerprint density at radius 3 is 2.49 bits per heavy atom. The molecule has 0 saturated carbocycles. The zero-order valence-corrected chi connectivity index (χ0v) is 21.5. The predicted molar refractivity (Wildman–Crippen MR) is 139 cm³/mol. The summed E-state index contributed by atoms with van der Waals surface area (Å²) in [5.74, 6) is 0.572. The fourth-order valence-corrected chi connectivity index (χ4v) is 5.25. The number of hydrogen-bond donors (Lipinski definition) is 0. The predicted octanol–water partition coefficient (Wildman–Crippen LogP) is 4.32. The number of carbonyl (C=O) groups excluding carboxylic acids is 1. The number of allylic oxidation sites excluding steroid dienone is 1. The number of ether oxygens (including phenoxy) is 2. The van der Waals surface area contributed by atoms with Crippen LogP contribution in [0.3, 0.4) is 0 Å². The summed E-state index contributed by atoms with van der Waals surface area (Å²) >= 11 is 1.32. The molecule has 7 heteroatoms. The maximum Gasteiger partial charge on any atom is 0.338 e. The van der Waals surface area contributed by atoms with E-state index < -0.39 is 12.0 Å². The number of hydrogen-bond acceptors (Lipinski definition) is 6. The van der Waals surface area contributed by atoms with Gasteiger partial charge >= 0.3 is 5.97 Å². The van der Waals surface area contributed by atoms with Gasteiger partial charge in [-0.2, -0.15) is 0 Å².